The van der Waals surface area contributed by atoms with Gasteiger partial charge in [0.05, 0.1) is 17.6 Å². The van der Waals surface area contributed by atoms with Crippen molar-refractivity contribution in [3.8, 4) is 0 Å². The third kappa shape index (κ3) is 2.30. The summed E-state index contributed by atoms with van der Waals surface area (Å²) in [5.74, 6) is 6.60. The smallest absolute Gasteiger partial charge is 0.240 e. The van der Waals surface area contributed by atoms with E-state index >= 15 is 0 Å². The van der Waals surface area contributed by atoms with E-state index in [0.29, 0.717) is 12.5 Å². The van der Waals surface area contributed by atoms with E-state index in [1.54, 1.807) is 17.5 Å². The molecule has 4 N–H and O–H groups in total. The maximum atomic E-state index is 5.42. The predicted molar refractivity (Wildman–Crippen MR) is 80.5 cm³/mol. The molecule has 3 rings (SSSR count). The fraction of sp³-hybridized carbons (Fsp3) is 0.250. The number of hydrazine groups is 1. The summed E-state index contributed by atoms with van der Waals surface area (Å²) < 4.78 is 1.83. The molecule has 0 bridgehead atoms. The van der Waals surface area contributed by atoms with Crippen LogP contribution in [0.4, 0.5) is 11.8 Å². The van der Waals surface area contributed by atoms with E-state index in [1.807, 2.05) is 24.7 Å². The van der Waals surface area contributed by atoms with Crippen LogP contribution in [-0.4, -0.2) is 19.7 Å². The minimum Gasteiger partial charge on any atom is -0.364 e. The van der Waals surface area contributed by atoms with E-state index in [1.165, 1.54) is 4.88 Å². The summed E-state index contributed by atoms with van der Waals surface area (Å²) in [4.78, 5) is 10.8. The Morgan fingerprint density at radius 2 is 2.25 bits per heavy atom. The Balaban J connectivity index is 1.95. The van der Waals surface area contributed by atoms with Crippen molar-refractivity contribution in [2.75, 3.05) is 10.7 Å². The summed E-state index contributed by atoms with van der Waals surface area (Å²) in [6, 6.07) is 4.04. The third-order valence-electron chi connectivity index (χ3n) is 3.00. The van der Waals surface area contributed by atoms with E-state index in [9.17, 15) is 0 Å². The van der Waals surface area contributed by atoms with Gasteiger partial charge < -0.3 is 5.32 Å². The molecule has 0 fully saturated rings. The van der Waals surface area contributed by atoms with Gasteiger partial charge in [-0.1, -0.05) is 0 Å². The minimum atomic E-state index is 0.409. The van der Waals surface area contributed by atoms with Gasteiger partial charge in [-0.3, -0.25) is 10.1 Å². The van der Waals surface area contributed by atoms with Crippen molar-refractivity contribution < 1.29 is 0 Å². The van der Waals surface area contributed by atoms with Gasteiger partial charge in [0.25, 0.3) is 0 Å². The second-order valence-corrected chi connectivity index (χ2v) is 5.65. The van der Waals surface area contributed by atoms with Crippen molar-refractivity contribution in [1.82, 2.24) is 19.7 Å². The molecule has 0 amide bonds. The second kappa shape index (κ2) is 5.06. The van der Waals surface area contributed by atoms with E-state index < -0.39 is 0 Å². The first-order valence-electron chi connectivity index (χ1n) is 6.13. The van der Waals surface area contributed by atoms with Crippen molar-refractivity contribution in [1.29, 1.82) is 0 Å². The van der Waals surface area contributed by atoms with Crippen LogP contribution in [-0.2, 0) is 13.6 Å². The number of hydrogen-bond donors (Lipinski definition) is 3. The molecule has 3 aromatic heterocycles. The molecular formula is C12H15N7S. The first-order valence-corrected chi connectivity index (χ1v) is 6.94. The van der Waals surface area contributed by atoms with Crippen LogP contribution < -0.4 is 16.6 Å². The molecule has 0 aliphatic carbocycles. The number of nitrogens with zero attached hydrogens (tertiary/aromatic N) is 4. The average molecular weight is 289 g/mol. The minimum absolute atomic E-state index is 0.409. The van der Waals surface area contributed by atoms with Crippen molar-refractivity contribution in [2.24, 2.45) is 12.9 Å². The molecule has 0 aromatic carbocycles. The molecular weight excluding hydrogens is 274 g/mol. The highest BCUT2D eigenvalue weighted by atomic mass is 32.1. The summed E-state index contributed by atoms with van der Waals surface area (Å²) >= 11 is 1.62. The SMILES string of the molecule is Cc1cc2c(NCc3ccnn3C)nc(NN)nc2s1. The van der Waals surface area contributed by atoms with Crippen LogP contribution in [0.5, 0.6) is 0 Å². The van der Waals surface area contributed by atoms with E-state index in [0.717, 1.165) is 21.7 Å². The number of thiophene rings is 1. The number of rotatable bonds is 4. The monoisotopic (exact) mass is 289 g/mol. The van der Waals surface area contributed by atoms with Gasteiger partial charge in [0.15, 0.2) is 0 Å². The van der Waals surface area contributed by atoms with Crippen molar-refractivity contribution in [3.63, 3.8) is 0 Å². The zero-order chi connectivity index (χ0) is 14.1. The number of nitrogens with two attached hydrogens (primary N) is 1. The molecule has 0 unspecified atom stereocenters. The van der Waals surface area contributed by atoms with Crippen LogP contribution in [0.1, 0.15) is 10.6 Å². The molecule has 20 heavy (non-hydrogen) atoms. The van der Waals surface area contributed by atoms with Crippen molar-refractivity contribution in [2.45, 2.75) is 13.5 Å². The van der Waals surface area contributed by atoms with Crippen molar-refractivity contribution >= 4 is 33.3 Å². The average Bonchev–Trinajstić information content (AvgIpc) is 3.00. The molecule has 0 aliphatic rings. The van der Waals surface area contributed by atoms with Gasteiger partial charge in [-0.15, -0.1) is 11.3 Å². The number of aryl methyl sites for hydroxylation is 2. The summed E-state index contributed by atoms with van der Waals surface area (Å²) in [7, 11) is 1.91. The number of anilines is 2. The lowest BCUT2D eigenvalue weighted by Gasteiger charge is -2.08. The number of aromatic nitrogens is 4. The van der Waals surface area contributed by atoms with Crippen LogP contribution in [0.25, 0.3) is 10.2 Å². The summed E-state index contributed by atoms with van der Waals surface area (Å²) in [5.41, 5.74) is 3.58. The lowest BCUT2D eigenvalue weighted by atomic mass is 10.3. The molecule has 0 atom stereocenters. The first kappa shape index (κ1) is 12.8. The Morgan fingerprint density at radius 3 is 2.95 bits per heavy atom. The number of nitrogen functional groups attached to an aromatic ring is 1. The number of fused-ring (bicyclic) bond motifs is 1. The molecule has 104 valence electrons. The second-order valence-electron chi connectivity index (χ2n) is 4.42. The van der Waals surface area contributed by atoms with Crippen LogP contribution in [0.3, 0.4) is 0 Å². The lowest BCUT2D eigenvalue weighted by molar-refractivity contribution is 0.720. The fourth-order valence-electron chi connectivity index (χ4n) is 1.99. The molecule has 0 saturated heterocycles. The fourth-order valence-corrected chi connectivity index (χ4v) is 2.87. The maximum Gasteiger partial charge on any atom is 0.240 e. The molecule has 0 saturated carbocycles. The van der Waals surface area contributed by atoms with Crippen LogP contribution >= 0.6 is 11.3 Å². The molecule has 0 spiro atoms. The molecule has 3 aromatic rings. The molecule has 7 nitrogen and oxygen atoms in total. The zero-order valence-electron chi connectivity index (χ0n) is 11.2. The van der Waals surface area contributed by atoms with E-state index in [4.69, 9.17) is 5.84 Å². The summed E-state index contributed by atoms with van der Waals surface area (Å²) in [5, 5.41) is 8.47. The quantitative estimate of drug-likeness (QED) is 0.499. The maximum absolute atomic E-state index is 5.42. The Kier molecular flexibility index (Phi) is 3.25. The lowest BCUT2D eigenvalue weighted by Crippen LogP contribution is -2.12. The number of hydrogen-bond acceptors (Lipinski definition) is 7. The normalized spacial score (nSPS) is 10.9. The predicted octanol–water partition coefficient (Wildman–Crippen LogP) is 1.63. The van der Waals surface area contributed by atoms with Gasteiger partial charge in [-0.05, 0) is 19.1 Å². The van der Waals surface area contributed by atoms with Gasteiger partial charge >= 0.3 is 0 Å². The highest BCUT2D eigenvalue weighted by molar-refractivity contribution is 7.18. The molecule has 3 heterocycles. The Bertz CT molecular complexity index is 745. The van der Waals surface area contributed by atoms with Gasteiger partial charge in [0, 0.05) is 18.1 Å². The number of nitrogens with one attached hydrogen (secondary N) is 2. The van der Waals surface area contributed by atoms with E-state index in [2.05, 4.69) is 31.9 Å². The van der Waals surface area contributed by atoms with Crippen LogP contribution in [0.15, 0.2) is 18.3 Å². The van der Waals surface area contributed by atoms with Crippen LogP contribution in [0.2, 0.25) is 0 Å². The molecule has 8 heteroatoms. The van der Waals surface area contributed by atoms with Crippen molar-refractivity contribution in [3.05, 3.63) is 28.9 Å². The molecule has 0 radical (unpaired) electrons. The van der Waals surface area contributed by atoms with Crippen LogP contribution in [0, 0.1) is 6.92 Å². The first-order chi connectivity index (χ1) is 9.67. The topological polar surface area (TPSA) is 93.7 Å². The summed E-state index contributed by atoms with van der Waals surface area (Å²) in [6.07, 6.45) is 1.77. The largest absolute Gasteiger partial charge is 0.364 e. The van der Waals surface area contributed by atoms with Gasteiger partial charge in [-0.25, -0.2) is 10.8 Å². The highest BCUT2D eigenvalue weighted by Gasteiger charge is 2.10. The van der Waals surface area contributed by atoms with Gasteiger partial charge in [-0.2, -0.15) is 10.1 Å². The molecule has 0 aliphatic heterocycles. The highest BCUT2D eigenvalue weighted by Crippen LogP contribution is 2.29. The third-order valence-corrected chi connectivity index (χ3v) is 3.95. The van der Waals surface area contributed by atoms with Gasteiger partial charge in [0.1, 0.15) is 10.6 Å². The Hall–Kier alpha value is -2.19. The summed E-state index contributed by atoms with van der Waals surface area (Å²) in [6.45, 7) is 2.69. The van der Waals surface area contributed by atoms with Gasteiger partial charge in [0.2, 0.25) is 5.95 Å². The van der Waals surface area contributed by atoms with E-state index in [-0.39, 0.29) is 0 Å². The Labute approximate surface area is 119 Å². The zero-order valence-corrected chi connectivity index (χ0v) is 12.0. The standard InChI is InChI=1S/C12H15N7S/c1-7-5-9-10(14-6-8-3-4-15-19(8)2)16-12(18-13)17-11(9)20-7/h3-5H,6,13H2,1-2H3,(H2,14,16,17,18). The Morgan fingerprint density at radius 1 is 1.40 bits per heavy atom.